The Morgan fingerprint density at radius 3 is 2.50 bits per heavy atom. The second-order valence-electron chi connectivity index (χ2n) is 5.06. The number of benzene rings is 1. The van der Waals surface area contributed by atoms with E-state index in [9.17, 15) is 9.59 Å². The lowest BCUT2D eigenvalue weighted by molar-refractivity contribution is -0.158. The van der Waals surface area contributed by atoms with Crippen LogP contribution in [-0.4, -0.2) is 25.0 Å². The molecule has 0 bridgehead atoms. The smallest absolute Gasteiger partial charge is 0.319 e. The van der Waals surface area contributed by atoms with Crippen LogP contribution in [0, 0.1) is 5.41 Å². The molecule has 0 aliphatic heterocycles. The number of esters is 1. The zero-order valence-corrected chi connectivity index (χ0v) is 12.6. The standard InChI is InChI=1S/C16H22O4/c1-5-12-8-7-9-13(10-12)20-11-14(17)16(3,4)15(18)19-6-2/h7-10H,5-6,11H2,1-4H3. The molecule has 0 saturated carbocycles. The largest absolute Gasteiger partial charge is 0.486 e. The van der Waals surface area contributed by atoms with Crippen LogP contribution in [0.5, 0.6) is 5.75 Å². The van der Waals surface area contributed by atoms with Crippen LogP contribution in [0.4, 0.5) is 0 Å². The summed E-state index contributed by atoms with van der Waals surface area (Å²) in [7, 11) is 0. The Kier molecular flexibility index (Phi) is 5.74. The van der Waals surface area contributed by atoms with Gasteiger partial charge in [0.15, 0.2) is 5.78 Å². The topological polar surface area (TPSA) is 52.6 Å². The van der Waals surface area contributed by atoms with Crippen molar-refractivity contribution < 1.29 is 19.1 Å². The summed E-state index contributed by atoms with van der Waals surface area (Å²) in [5, 5.41) is 0. The Labute approximate surface area is 120 Å². The van der Waals surface area contributed by atoms with Gasteiger partial charge in [0.25, 0.3) is 0 Å². The third kappa shape index (κ3) is 4.08. The van der Waals surface area contributed by atoms with Crippen LogP contribution in [0.25, 0.3) is 0 Å². The Hall–Kier alpha value is -1.84. The van der Waals surface area contributed by atoms with Crippen molar-refractivity contribution >= 4 is 11.8 Å². The van der Waals surface area contributed by atoms with Gasteiger partial charge in [0.1, 0.15) is 17.8 Å². The molecule has 0 unspecified atom stereocenters. The van der Waals surface area contributed by atoms with Crippen molar-refractivity contribution in [1.82, 2.24) is 0 Å². The molecule has 0 spiro atoms. The zero-order valence-electron chi connectivity index (χ0n) is 12.6. The highest BCUT2D eigenvalue weighted by Crippen LogP contribution is 2.20. The lowest BCUT2D eigenvalue weighted by atomic mass is 9.88. The fraction of sp³-hybridized carbons (Fsp3) is 0.500. The van der Waals surface area contributed by atoms with Crippen LogP contribution in [0.1, 0.15) is 33.3 Å². The molecule has 0 aliphatic rings. The second-order valence-corrected chi connectivity index (χ2v) is 5.06. The molecule has 0 aliphatic carbocycles. The first-order chi connectivity index (χ1) is 9.41. The first-order valence-corrected chi connectivity index (χ1v) is 6.84. The summed E-state index contributed by atoms with van der Waals surface area (Å²) in [6, 6.07) is 7.57. The summed E-state index contributed by atoms with van der Waals surface area (Å²) in [6.45, 7) is 6.99. The average molecular weight is 278 g/mol. The molecule has 4 nitrogen and oxygen atoms in total. The molecule has 110 valence electrons. The monoisotopic (exact) mass is 278 g/mol. The Morgan fingerprint density at radius 1 is 1.20 bits per heavy atom. The number of ether oxygens (including phenoxy) is 2. The predicted octanol–water partition coefficient (Wildman–Crippen LogP) is 2.79. The van der Waals surface area contributed by atoms with E-state index in [0.29, 0.717) is 5.75 Å². The number of Topliss-reactive ketones (excluding diaryl/α,β-unsaturated/α-hetero) is 1. The van der Waals surface area contributed by atoms with E-state index in [2.05, 4.69) is 0 Å². The van der Waals surface area contributed by atoms with Crippen molar-refractivity contribution in [3.63, 3.8) is 0 Å². The SMILES string of the molecule is CCOC(=O)C(C)(C)C(=O)COc1cccc(CC)c1. The molecule has 20 heavy (non-hydrogen) atoms. The van der Waals surface area contributed by atoms with Gasteiger partial charge in [0.2, 0.25) is 0 Å². The van der Waals surface area contributed by atoms with Gasteiger partial charge in [-0.15, -0.1) is 0 Å². The van der Waals surface area contributed by atoms with E-state index in [4.69, 9.17) is 9.47 Å². The highest BCUT2D eigenvalue weighted by atomic mass is 16.5. The molecule has 0 aromatic heterocycles. The van der Waals surface area contributed by atoms with Crippen LogP contribution >= 0.6 is 0 Å². The third-order valence-corrected chi connectivity index (χ3v) is 3.16. The van der Waals surface area contributed by atoms with Crippen molar-refractivity contribution in [2.24, 2.45) is 5.41 Å². The molecule has 1 aromatic rings. The Morgan fingerprint density at radius 2 is 1.90 bits per heavy atom. The minimum atomic E-state index is -1.18. The number of ketones is 1. The van der Waals surface area contributed by atoms with Crippen LogP contribution in [0.2, 0.25) is 0 Å². The second kappa shape index (κ2) is 7.08. The van der Waals surface area contributed by atoms with Crippen LogP contribution in [-0.2, 0) is 20.7 Å². The van der Waals surface area contributed by atoms with Gasteiger partial charge >= 0.3 is 5.97 Å². The van der Waals surface area contributed by atoms with Gasteiger partial charge in [-0.2, -0.15) is 0 Å². The molecule has 0 radical (unpaired) electrons. The van der Waals surface area contributed by atoms with E-state index in [1.54, 1.807) is 26.8 Å². The number of hydrogen-bond acceptors (Lipinski definition) is 4. The lowest BCUT2D eigenvalue weighted by Crippen LogP contribution is -2.38. The molecule has 0 heterocycles. The van der Waals surface area contributed by atoms with E-state index >= 15 is 0 Å². The number of carbonyl (C=O) groups is 2. The normalized spacial score (nSPS) is 11.0. The van der Waals surface area contributed by atoms with E-state index < -0.39 is 11.4 Å². The highest BCUT2D eigenvalue weighted by Gasteiger charge is 2.37. The number of rotatable bonds is 7. The lowest BCUT2D eigenvalue weighted by Gasteiger charge is -2.20. The molecule has 1 rings (SSSR count). The summed E-state index contributed by atoms with van der Waals surface area (Å²) < 4.78 is 10.4. The third-order valence-electron chi connectivity index (χ3n) is 3.16. The fourth-order valence-corrected chi connectivity index (χ4v) is 1.61. The van der Waals surface area contributed by atoms with E-state index in [-0.39, 0.29) is 19.0 Å². The molecular formula is C16H22O4. The predicted molar refractivity (Wildman–Crippen MR) is 76.7 cm³/mol. The summed E-state index contributed by atoms with van der Waals surface area (Å²) >= 11 is 0. The van der Waals surface area contributed by atoms with Gasteiger partial charge in [0.05, 0.1) is 6.61 Å². The maximum absolute atomic E-state index is 12.1. The van der Waals surface area contributed by atoms with Crippen LogP contribution in [0.15, 0.2) is 24.3 Å². The van der Waals surface area contributed by atoms with Gasteiger partial charge in [-0.05, 0) is 44.9 Å². The van der Waals surface area contributed by atoms with Crippen LogP contribution in [0.3, 0.4) is 0 Å². The molecule has 0 saturated heterocycles. The van der Waals surface area contributed by atoms with E-state index in [1.165, 1.54) is 0 Å². The molecule has 4 heteroatoms. The van der Waals surface area contributed by atoms with Crippen molar-refractivity contribution in [2.75, 3.05) is 13.2 Å². The highest BCUT2D eigenvalue weighted by molar-refractivity contribution is 6.03. The Balaban J connectivity index is 2.64. The molecule has 0 N–H and O–H groups in total. The van der Waals surface area contributed by atoms with Gasteiger partial charge < -0.3 is 9.47 Å². The van der Waals surface area contributed by atoms with Crippen molar-refractivity contribution in [1.29, 1.82) is 0 Å². The number of aryl methyl sites for hydroxylation is 1. The summed E-state index contributed by atoms with van der Waals surface area (Å²) in [5.41, 5.74) is -0.0436. The average Bonchev–Trinajstić information content (AvgIpc) is 2.45. The van der Waals surface area contributed by atoms with Crippen LogP contribution < -0.4 is 4.74 Å². The summed E-state index contributed by atoms with van der Waals surface area (Å²) in [6.07, 6.45) is 0.902. The van der Waals surface area contributed by atoms with Crippen molar-refractivity contribution in [3.05, 3.63) is 29.8 Å². The Bertz CT molecular complexity index is 477. The molecular weight excluding hydrogens is 256 g/mol. The minimum absolute atomic E-state index is 0.140. The van der Waals surface area contributed by atoms with Gasteiger partial charge in [-0.3, -0.25) is 9.59 Å². The zero-order chi connectivity index (χ0) is 15.2. The maximum Gasteiger partial charge on any atom is 0.319 e. The van der Waals surface area contributed by atoms with E-state index in [1.807, 2.05) is 25.1 Å². The number of hydrogen-bond donors (Lipinski definition) is 0. The van der Waals surface area contributed by atoms with Gasteiger partial charge in [-0.25, -0.2) is 0 Å². The van der Waals surface area contributed by atoms with E-state index in [0.717, 1.165) is 12.0 Å². The summed E-state index contributed by atoms with van der Waals surface area (Å²) in [4.78, 5) is 23.8. The first kappa shape index (κ1) is 16.2. The van der Waals surface area contributed by atoms with Crippen molar-refractivity contribution in [2.45, 2.75) is 34.1 Å². The minimum Gasteiger partial charge on any atom is -0.486 e. The maximum atomic E-state index is 12.1. The number of carbonyl (C=O) groups excluding carboxylic acids is 2. The molecule has 0 atom stereocenters. The summed E-state index contributed by atoms with van der Waals surface area (Å²) in [5.74, 6) is -0.175. The fourth-order valence-electron chi connectivity index (χ4n) is 1.61. The van der Waals surface area contributed by atoms with Gasteiger partial charge in [0, 0.05) is 0 Å². The quantitative estimate of drug-likeness (QED) is 0.568. The van der Waals surface area contributed by atoms with Crippen molar-refractivity contribution in [3.8, 4) is 5.75 Å². The molecule has 0 fully saturated rings. The molecule has 0 amide bonds. The molecule has 1 aromatic carbocycles. The first-order valence-electron chi connectivity index (χ1n) is 6.84. The van der Waals surface area contributed by atoms with Gasteiger partial charge in [-0.1, -0.05) is 19.1 Å².